The van der Waals surface area contributed by atoms with Gasteiger partial charge in [0.2, 0.25) is 10.0 Å². The molecule has 0 aliphatic carbocycles. The van der Waals surface area contributed by atoms with Crippen molar-refractivity contribution in [2.45, 2.75) is 30.7 Å². The summed E-state index contributed by atoms with van der Waals surface area (Å²) in [5.74, 6) is -0.832. The van der Waals surface area contributed by atoms with Crippen molar-refractivity contribution < 1.29 is 17.5 Å². The first-order chi connectivity index (χ1) is 8.15. The summed E-state index contributed by atoms with van der Waals surface area (Å²) in [7, 11) is -3.91. The maximum absolute atomic E-state index is 13.6. The van der Waals surface area contributed by atoms with E-state index in [4.69, 9.17) is 15.6 Å². The molecule has 0 spiro atoms. The van der Waals surface area contributed by atoms with Gasteiger partial charge in [-0.25, -0.2) is 17.9 Å². The zero-order valence-corrected chi connectivity index (χ0v) is 11.1. The first-order valence-electron chi connectivity index (χ1n) is 5.40. The van der Waals surface area contributed by atoms with Crippen LogP contribution in [0.2, 0.25) is 0 Å². The predicted molar refractivity (Wildman–Crippen MR) is 66.2 cm³/mol. The Bertz CT molecular complexity index is 529. The van der Waals surface area contributed by atoms with E-state index in [0.717, 1.165) is 6.07 Å². The van der Waals surface area contributed by atoms with Crippen molar-refractivity contribution in [3.63, 3.8) is 0 Å². The lowest BCUT2D eigenvalue weighted by Gasteiger charge is -2.22. The Morgan fingerprint density at radius 2 is 2.06 bits per heavy atom. The lowest BCUT2D eigenvalue weighted by molar-refractivity contribution is 0.217. The summed E-state index contributed by atoms with van der Waals surface area (Å²) in [5, 5.41) is 4.89. The second kappa shape index (κ2) is 5.21. The largest absolute Gasteiger partial charge is 0.489 e. The third kappa shape index (κ3) is 3.94. The third-order valence-electron chi connectivity index (χ3n) is 2.60. The van der Waals surface area contributed by atoms with Crippen LogP contribution in [0.1, 0.15) is 20.3 Å². The second-order valence-corrected chi connectivity index (χ2v) is 5.99. The SMILES string of the molecule is CCC(C)(N)COc1ccc(S(N)(=O)=O)cc1F. The lowest BCUT2D eigenvalue weighted by atomic mass is 10.0. The van der Waals surface area contributed by atoms with Gasteiger partial charge in [-0.1, -0.05) is 6.92 Å². The van der Waals surface area contributed by atoms with Crippen molar-refractivity contribution in [3.05, 3.63) is 24.0 Å². The molecular formula is C11H17FN2O3S. The summed E-state index contributed by atoms with van der Waals surface area (Å²) in [4.78, 5) is -0.293. The van der Waals surface area contributed by atoms with Crippen LogP contribution in [0.5, 0.6) is 5.75 Å². The molecule has 0 radical (unpaired) electrons. The number of benzene rings is 1. The molecule has 0 amide bonds. The molecule has 7 heteroatoms. The zero-order valence-electron chi connectivity index (χ0n) is 10.3. The molecule has 0 saturated carbocycles. The minimum Gasteiger partial charge on any atom is -0.489 e. The van der Waals surface area contributed by atoms with Gasteiger partial charge in [-0.05, 0) is 31.5 Å². The molecule has 0 heterocycles. The van der Waals surface area contributed by atoms with Crippen LogP contribution in [-0.4, -0.2) is 20.6 Å². The molecule has 4 N–H and O–H groups in total. The molecule has 0 aliphatic heterocycles. The van der Waals surface area contributed by atoms with Gasteiger partial charge in [-0.2, -0.15) is 0 Å². The van der Waals surface area contributed by atoms with Crippen molar-refractivity contribution >= 4 is 10.0 Å². The molecular weight excluding hydrogens is 259 g/mol. The van der Waals surface area contributed by atoms with Crippen molar-refractivity contribution in [1.82, 2.24) is 0 Å². The van der Waals surface area contributed by atoms with Crippen LogP contribution >= 0.6 is 0 Å². The van der Waals surface area contributed by atoms with Gasteiger partial charge in [-0.15, -0.1) is 0 Å². The van der Waals surface area contributed by atoms with Crippen LogP contribution in [0.3, 0.4) is 0 Å². The molecule has 1 unspecified atom stereocenters. The molecule has 0 bridgehead atoms. The fraction of sp³-hybridized carbons (Fsp3) is 0.455. The van der Waals surface area contributed by atoms with Gasteiger partial charge >= 0.3 is 0 Å². The molecule has 1 aromatic carbocycles. The Morgan fingerprint density at radius 3 is 2.50 bits per heavy atom. The Hall–Kier alpha value is -1.18. The monoisotopic (exact) mass is 276 g/mol. The first kappa shape index (κ1) is 14.9. The highest BCUT2D eigenvalue weighted by Crippen LogP contribution is 2.21. The van der Waals surface area contributed by atoms with Crippen molar-refractivity contribution in [3.8, 4) is 5.75 Å². The highest BCUT2D eigenvalue weighted by Gasteiger charge is 2.18. The minimum atomic E-state index is -3.91. The van der Waals surface area contributed by atoms with Crippen molar-refractivity contribution in [2.24, 2.45) is 10.9 Å². The third-order valence-corrected chi connectivity index (χ3v) is 3.51. The number of primary sulfonamides is 1. The van der Waals surface area contributed by atoms with Crippen molar-refractivity contribution in [2.75, 3.05) is 6.61 Å². The molecule has 18 heavy (non-hydrogen) atoms. The standard InChI is InChI=1S/C11H17FN2O3S/c1-3-11(2,13)7-17-10-5-4-8(6-9(10)12)18(14,15)16/h4-6H,3,7,13H2,1-2H3,(H2,14,15,16). The number of rotatable bonds is 5. The van der Waals surface area contributed by atoms with E-state index >= 15 is 0 Å². The highest BCUT2D eigenvalue weighted by molar-refractivity contribution is 7.89. The summed E-state index contributed by atoms with van der Waals surface area (Å²) in [6, 6.07) is 3.23. The van der Waals surface area contributed by atoms with Crippen LogP contribution in [0.4, 0.5) is 4.39 Å². The van der Waals surface area contributed by atoms with Crippen LogP contribution < -0.4 is 15.6 Å². The number of hydrogen-bond donors (Lipinski definition) is 2. The van der Waals surface area contributed by atoms with Crippen LogP contribution in [0, 0.1) is 5.82 Å². The lowest BCUT2D eigenvalue weighted by Crippen LogP contribution is -2.41. The Kier molecular flexibility index (Phi) is 4.31. The average molecular weight is 276 g/mol. The maximum Gasteiger partial charge on any atom is 0.238 e. The summed E-state index contributed by atoms with van der Waals surface area (Å²) < 4.78 is 40.8. The number of halogens is 1. The van der Waals surface area contributed by atoms with E-state index in [0.29, 0.717) is 6.42 Å². The summed E-state index contributed by atoms with van der Waals surface area (Å²) >= 11 is 0. The van der Waals surface area contributed by atoms with E-state index in [9.17, 15) is 12.8 Å². The molecule has 0 aromatic heterocycles. The molecule has 1 atom stereocenters. The van der Waals surface area contributed by atoms with E-state index in [-0.39, 0.29) is 17.3 Å². The summed E-state index contributed by atoms with van der Waals surface area (Å²) in [5.41, 5.74) is 5.29. The predicted octanol–water partition coefficient (Wildman–Crippen LogP) is 0.979. The van der Waals surface area contributed by atoms with Gasteiger partial charge in [-0.3, -0.25) is 0 Å². The van der Waals surface area contributed by atoms with E-state index in [1.54, 1.807) is 6.92 Å². The molecule has 1 rings (SSSR count). The van der Waals surface area contributed by atoms with E-state index in [1.807, 2.05) is 6.92 Å². The van der Waals surface area contributed by atoms with Gasteiger partial charge in [0.25, 0.3) is 0 Å². The number of nitrogens with two attached hydrogens (primary N) is 2. The van der Waals surface area contributed by atoms with Gasteiger partial charge in [0.15, 0.2) is 11.6 Å². The Balaban J connectivity index is 2.88. The quantitative estimate of drug-likeness (QED) is 0.838. The maximum atomic E-state index is 13.6. The fourth-order valence-corrected chi connectivity index (χ4v) is 1.65. The average Bonchev–Trinajstić information content (AvgIpc) is 2.26. The molecule has 0 saturated heterocycles. The van der Waals surface area contributed by atoms with Gasteiger partial charge in [0.05, 0.1) is 4.90 Å². The molecule has 0 fully saturated rings. The van der Waals surface area contributed by atoms with Gasteiger partial charge in [0.1, 0.15) is 6.61 Å². The van der Waals surface area contributed by atoms with Crippen LogP contribution in [-0.2, 0) is 10.0 Å². The number of ether oxygens (including phenoxy) is 1. The fourth-order valence-electron chi connectivity index (χ4n) is 1.12. The molecule has 5 nitrogen and oxygen atoms in total. The Morgan fingerprint density at radius 1 is 1.44 bits per heavy atom. The molecule has 102 valence electrons. The molecule has 1 aromatic rings. The first-order valence-corrected chi connectivity index (χ1v) is 6.94. The smallest absolute Gasteiger partial charge is 0.238 e. The minimum absolute atomic E-state index is 0.0486. The topological polar surface area (TPSA) is 95.4 Å². The highest BCUT2D eigenvalue weighted by atomic mass is 32.2. The normalized spacial score (nSPS) is 15.2. The van der Waals surface area contributed by atoms with Gasteiger partial charge < -0.3 is 10.5 Å². The summed E-state index contributed by atoms with van der Waals surface area (Å²) in [6.45, 7) is 3.81. The van der Waals surface area contributed by atoms with E-state index in [2.05, 4.69) is 0 Å². The van der Waals surface area contributed by atoms with Gasteiger partial charge in [0, 0.05) is 5.54 Å². The molecule has 0 aliphatic rings. The number of sulfonamides is 1. The zero-order chi connectivity index (χ0) is 14.0. The van der Waals surface area contributed by atoms with E-state index in [1.165, 1.54) is 12.1 Å². The number of hydrogen-bond acceptors (Lipinski definition) is 4. The van der Waals surface area contributed by atoms with Crippen LogP contribution in [0.15, 0.2) is 23.1 Å². The van der Waals surface area contributed by atoms with E-state index < -0.39 is 21.4 Å². The summed E-state index contributed by atoms with van der Waals surface area (Å²) in [6.07, 6.45) is 0.671. The second-order valence-electron chi connectivity index (χ2n) is 4.43. The van der Waals surface area contributed by atoms with Crippen molar-refractivity contribution in [1.29, 1.82) is 0 Å². The Labute approximate surface area is 106 Å². The van der Waals surface area contributed by atoms with Crippen LogP contribution in [0.25, 0.3) is 0 Å².